The molecule has 1 heterocycles. The third-order valence-corrected chi connectivity index (χ3v) is 8.36. The molecule has 1 aromatic carbocycles. The second kappa shape index (κ2) is 12.0. The molecule has 0 bridgehead atoms. The number of carbonyl (C=O) groups excluding carboxylic acids is 1. The molecule has 0 aliphatic carbocycles. The first-order valence-corrected chi connectivity index (χ1v) is 13.9. The molecular weight excluding hydrogens is 545 g/mol. The summed E-state index contributed by atoms with van der Waals surface area (Å²) < 4.78 is 35.7. The van der Waals surface area contributed by atoms with Crippen molar-refractivity contribution in [1.82, 2.24) is 14.3 Å². The predicted octanol–water partition coefficient (Wildman–Crippen LogP) is 4.33. The molecule has 0 radical (unpaired) electrons. The highest BCUT2D eigenvalue weighted by molar-refractivity contribution is 9.10. The summed E-state index contributed by atoms with van der Waals surface area (Å²) in [6.07, 6.45) is 2.57. The Morgan fingerprint density at radius 3 is 2.44 bits per heavy atom. The number of halogens is 2. The van der Waals surface area contributed by atoms with Crippen LogP contribution < -0.4 is 10.3 Å². The molecule has 0 saturated carbocycles. The van der Waals surface area contributed by atoms with E-state index in [4.69, 9.17) is 4.74 Å². The number of benzene rings is 1. The van der Waals surface area contributed by atoms with Crippen molar-refractivity contribution in [2.24, 2.45) is 0 Å². The summed E-state index contributed by atoms with van der Waals surface area (Å²) in [6.45, 7) is 9.20. The second-order valence-corrected chi connectivity index (χ2v) is 12.4. The Kier molecular flexibility index (Phi) is 10.2. The van der Waals surface area contributed by atoms with Crippen LogP contribution >= 0.6 is 27.7 Å². The molecular formula is C23H31BrFN3O4S2. The summed E-state index contributed by atoms with van der Waals surface area (Å²) in [7, 11) is 0. The average molecular weight is 577 g/mol. The lowest BCUT2D eigenvalue weighted by molar-refractivity contribution is -0.144. The largest absolute Gasteiger partial charge is 0.598 e. The van der Waals surface area contributed by atoms with Gasteiger partial charge in [-0.3, -0.25) is 14.2 Å². The molecule has 188 valence electrons. The minimum absolute atomic E-state index is 0.222. The summed E-state index contributed by atoms with van der Waals surface area (Å²) in [5.74, 6) is -0.874. The van der Waals surface area contributed by atoms with Crippen LogP contribution in [-0.2, 0) is 39.4 Å². The number of esters is 1. The van der Waals surface area contributed by atoms with Gasteiger partial charge in [0.25, 0.3) is 5.56 Å². The van der Waals surface area contributed by atoms with Crippen molar-refractivity contribution < 1.29 is 18.5 Å². The van der Waals surface area contributed by atoms with E-state index >= 15 is 0 Å². The Balaban J connectivity index is 2.40. The highest BCUT2D eigenvalue weighted by Gasteiger charge is 2.37. The Morgan fingerprint density at radius 1 is 1.29 bits per heavy atom. The maximum atomic E-state index is 13.6. The summed E-state index contributed by atoms with van der Waals surface area (Å²) >= 11 is 3.21. The van der Waals surface area contributed by atoms with Crippen LogP contribution in [0.15, 0.2) is 38.7 Å². The first-order valence-electron chi connectivity index (χ1n) is 10.8. The van der Waals surface area contributed by atoms with Crippen LogP contribution in [0, 0.1) is 5.82 Å². The van der Waals surface area contributed by atoms with Crippen molar-refractivity contribution in [2.75, 3.05) is 12.9 Å². The smallest absolute Gasteiger partial charge is 0.326 e. The van der Waals surface area contributed by atoms with Crippen LogP contribution in [0.25, 0.3) is 0 Å². The number of ether oxygens (including phenoxy) is 1. The van der Waals surface area contributed by atoms with Crippen LogP contribution in [0.3, 0.4) is 0 Å². The van der Waals surface area contributed by atoms with Crippen molar-refractivity contribution in [3.63, 3.8) is 0 Å². The van der Waals surface area contributed by atoms with Crippen LogP contribution in [0.5, 0.6) is 0 Å². The number of carbonyl (C=O) groups is 1. The third kappa shape index (κ3) is 7.30. The Hall–Kier alpha value is -1.40. The lowest BCUT2D eigenvalue weighted by atomic mass is 9.88. The first kappa shape index (κ1) is 28.8. The van der Waals surface area contributed by atoms with E-state index < -0.39 is 27.6 Å². The standard InChI is InChI=1S/C23H31BrFN3O4S2/c1-7-32-18(29)14-28-20(30)19(24)17(26-21(28)33-6)12-13-23(5,27-34(31)22(2,3)4)15-8-10-16(25)11-9-15/h8-11,27H,7,12-14H2,1-6H3/t23-,34?/m0/s1. The van der Waals surface area contributed by atoms with E-state index in [-0.39, 0.29) is 29.0 Å². The van der Waals surface area contributed by atoms with Crippen LogP contribution in [0.2, 0.25) is 0 Å². The van der Waals surface area contributed by atoms with Gasteiger partial charge in [0.1, 0.15) is 21.6 Å². The van der Waals surface area contributed by atoms with Gasteiger partial charge in [0.15, 0.2) is 5.16 Å². The van der Waals surface area contributed by atoms with Gasteiger partial charge in [-0.25, -0.2) is 9.37 Å². The van der Waals surface area contributed by atoms with E-state index in [1.54, 1.807) is 25.3 Å². The van der Waals surface area contributed by atoms with Gasteiger partial charge < -0.3 is 9.29 Å². The van der Waals surface area contributed by atoms with Gasteiger partial charge in [0.05, 0.1) is 17.8 Å². The van der Waals surface area contributed by atoms with Crippen LogP contribution in [0.4, 0.5) is 4.39 Å². The SMILES string of the molecule is CCOC(=O)Cn1c(SC)nc(CC[C@](C)(N[S+]([O-])C(C)(C)C)c2ccc(F)cc2)c(Br)c1=O. The molecule has 1 aromatic heterocycles. The lowest BCUT2D eigenvalue weighted by Gasteiger charge is -2.35. The fourth-order valence-electron chi connectivity index (χ4n) is 3.15. The highest BCUT2D eigenvalue weighted by Crippen LogP contribution is 2.31. The minimum atomic E-state index is -1.40. The molecule has 1 N–H and O–H groups in total. The van der Waals surface area contributed by atoms with Gasteiger partial charge in [0, 0.05) is 11.4 Å². The number of nitrogens with zero attached hydrogens (tertiary/aromatic N) is 2. The van der Waals surface area contributed by atoms with Crippen LogP contribution in [-0.4, -0.2) is 37.7 Å². The summed E-state index contributed by atoms with van der Waals surface area (Å²) in [4.78, 5) is 29.6. The van der Waals surface area contributed by atoms with E-state index in [2.05, 4.69) is 25.6 Å². The quantitative estimate of drug-likeness (QED) is 0.195. The van der Waals surface area contributed by atoms with Gasteiger partial charge in [-0.1, -0.05) is 23.9 Å². The molecule has 1 unspecified atom stereocenters. The molecule has 0 aliphatic heterocycles. The highest BCUT2D eigenvalue weighted by atomic mass is 79.9. The predicted molar refractivity (Wildman–Crippen MR) is 138 cm³/mol. The normalized spacial score (nSPS) is 14.5. The fourth-order valence-corrected chi connectivity index (χ4v) is 5.15. The number of aryl methyl sites for hydroxylation is 1. The second-order valence-electron chi connectivity index (χ2n) is 8.88. The number of hydrogen-bond acceptors (Lipinski definition) is 7. The van der Waals surface area contributed by atoms with Gasteiger partial charge in [-0.2, -0.15) is 0 Å². The molecule has 7 nitrogen and oxygen atoms in total. The van der Waals surface area contributed by atoms with Gasteiger partial charge in [-0.05, 0) is 87.3 Å². The Labute approximate surface area is 215 Å². The monoisotopic (exact) mass is 575 g/mol. The lowest BCUT2D eigenvalue weighted by Crippen LogP contribution is -2.50. The molecule has 0 fully saturated rings. The van der Waals surface area contributed by atoms with E-state index in [1.165, 1.54) is 28.5 Å². The first-order chi connectivity index (χ1) is 15.8. The minimum Gasteiger partial charge on any atom is -0.598 e. The third-order valence-electron chi connectivity index (χ3n) is 5.14. The van der Waals surface area contributed by atoms with E-state index in [0.717, 1.165) is 5.56 Å². The van der Waals surface area contributed by atoms with E-state index in [1.807, 2.05) is 27.7 Å². The fraction of sp³-hybridized carbons (Fsp3) is 0.522. The molecule has 2 aromatic rings. The molecule has 11 heteroatoms. The summed E-state index contributed by atoms with van der Waals surface area (Å²) in [5, 5.41) is 0.394. The average Bonchev–Trinajstić information content (AvgIpc) is 2.76. The van der Waals surface area contributed by atoms with E-state index in [0.29, 0.717) is 23.7 Å². The van der Waals surface area contributed by atoms with Gasteiger partial charge in [0.2, 0.25) is 0 Å². The van der Waals surface area contributed by atoms with Crippen molar-refractivity contribution in [2.45, 2.75) is 69.4 Å². The zero-order valence-electron chi connectivity index (χ0n) is 20.2. The topological polar surface area (TPSA) is 96.3 Å². The van der Waals surface area contributed by atoms with Gasteiger partial charge >= 0.3 is 5.97 Å². The summed E-state index contributed by atoms with van der Waals surface area (Å²) in [6, 6.07) is 6.06. The zero-order valence-corrected chi connectivity index (χ0v) is 23.5. The Bertz CT molecular complexity index is 1060. The molecule has 0 amide bonds. The molecule has 0 spiro atoms. The van der Waals surface area contributed by atoms with Crippen molar-refractivity contribution in [1.29, 1.82) is 0 Å². The van der Waals surface area contributed by atoms with Crippen molar-refractivity contribution in [3.8, 4) is 0 Å². The number of rotatable bonds is 10. The summed E-state index contributed by atoms with van der Waals surface area (Å²) in [5.41, 5.74) is 0.123. The Morgan fingerprint density at radius 2 is 1.91 bits per heavy atom. The molecule has 2 rings (SSSR count). The molecule has 0 aliphatic rings. The molecule has 2 atom stereocenters. The number of hydrogen-bond donors (Lipinski definition) is 1. The van der Waals surface area contributed by atoms with E-state index in [9.17, 15) is 18.5 Å². The number of nitrogens with one attached hydrogen (secondary N) is 1. The maximum absolute atomic E-state index is 13.6. The van der Waals surface area contributed by atoms with Crippen molar-refractivity contribution >= 4 is 45.0 Å². The zero-order chi connectivity index (χ0) is 25.7. The molecule has 0 saturated heterocycles. The maximum Gasteiger partial charge on any atom is 0.326 e. The van der Waals surface area contributed by atoms with Crippen LogP contribution in [0.1, 0.15) is 52.3 Å². The van der Waals surface area contributed by atoms with Crippen molar-refractivity contribution in [3.05, 3.63) is 56.2 Å². The van der Waals surface area contributed by atoms with Gasteiger partial charge in [-0.15, -0.1) is 4.72 Å². The molecule has 34 heavy (non-hydrogen) atoms. The number of thioether (sulfide) groups is 1. The number of aromatic nitrogens is 2.